The summed E-state index contributed by atoms with van der Waals surface area (Å²) < 4.78 is 28.7. The molecule has 1 aromatic rings. The molecule has 1 unspecified atom stereocenters. The lowest BCUT2D eigenvalue weighted by molar-refractivity contribution is -0.129. The molecule has 142 valence electrons. The second-order valence-electron chi connectivity index (χ2n) is 6.47. The number of carbonyl (C=O) groups excluding carboxylic acids is 2. The SMILES string of the molecule is CC(OC(=O)c1ccccc1S(C)(=O)=O)C(=O)NCCC1=CCCCC1. The van der Waals surface area contributed by atoms with Gasteiger partial charge in [0.2, 0.25) is 0 Å². The van der Waals surface area contributed by atoms with E-state index in [9.17, 15) is 18.0 Å². The van der Waals surface area contributed by atoms with Crippen molar-refractivity contribution in [2.24, 2.45) is 0 Å². The van der Waals surface area contributed by atoms with Crippen LogP contribution in [0.15, 0.2) is 40.8 Å². The monoisotopic (exact) mass is 379 g/mol. The molecule has 1 atom stereocenters. The number of ether oxygens (including phenoxy) is 1. The van der Waals surface area contributed by atoms with Crippen molar-refractivity contribution in [1.82, 2.24) is 5.32 Å². The molecule has 0 saturated carbocycles. The third-order valence-corrected chi connectivity index (χ3v) is 5.44. The fourth-order valence-electron chi connectivity index (χ4n) is 2.86. The number of allylic oxidation sites excluding steroid dienone is 1. The minimum absolute atomic E-state index is 0.0676. The summed E-state index contributed by atoms with van der Waals surface area (Å²) in [4.78, 5) is 24.3. The van der Waals surface area contributed by atoms with E-state index in [1.807, 2.05) is 0 Å². The molecule has 0 spiro atoms. The zero-order valence-electron chi connectivity index (χ0n) is 15.2. The maximum atomic E-state index is 12.3. The Morgan fingerprint density at radius 2 is 1.96 bits per heavy atom. The molecule has 0 saturated heterocycles. The summed E-state index contributed by atoms with van der Waals surface area (Å²) in [6.07, 6.45) is 7.61. The zero-order chi connectivity index (χ0) is 19.2. The first-order chi connectivity index (χ1) is 12.3. The van der Waals surface area contributed by atoms with Gasteiger partial charge in [-0.15, -0.1) is 0 Å². The number of nitrogens with one attached hydrogen (secondary N) is 1. The van der Waals surface area contributed by atoms with Crippen LogP contribution in [0, 0.1) is 0 Å². The fraction of sp³-hybridized carbons (Fsp3) is 0.474. The Hall–Kier alpha value is -2.15. The van der Waals surface area contributed by atoms with Crippen LogP contribution in [0.3, 0.4) is 0 Å². The summed E-state index contributed by atoms with van der Waals surface area (Å²) >= 11 is 0. The Labute approximate surface area is 154 Å². The summed E-state index contributed by atoms with van der Waals surface area (Å²) in [6.45, 7) is 1.96. The van der Waals surface area contributed by atoms with Crippen molar-refractivity contribution in [3.05, 3.63) is 41.5 Å². The van der Waals surface area contributed by atoms with Crippen molar-refractivity contribution >= 4 is 21.7 Å². The van der Waals surface area contributed by atoms with Crippen LogP contribution >= 0.6 is 0 Å². The highest BCUT2D eigenvalue weighted by atomic mass is 32.2. The highest BCUT2D eigenvalue weighted by Crippen LogP contribution is 2.19. The van der Waals surface area contributed by atoms with E-state index in [1.165, 1.54) is 43.5 Å². The van der Waals surface area contributed by atoms with Crippen molar-refractivity contribution < 1.29 is 22.7 Å². The molecule has 1 amide bonds. The van der Waals surface area contributed by atoms with Crippen molar-refractivity contribution in [3.63, 3.8) is 0 Å². The smallest absolute Gasteiger partial charge is 0.340 e. The lowest BCUT2D eigenvalue weighted by Crippen LogP contribution is -2.36. The normalized spacial score (nSPS) is 15.7. The van der Waals surface area contributed by atoms with Gasteiger partial charge in [-0.3, -0.25) is 4.79 Å². The number of hydrogen-bond donors (Lipinski definition) is 1. The Balaban J connectivity index is 1.90. The number of amides is 1. The molecule has 1 aliphatic carbocycles. The minimum Gasteiger partial charge on any atom is -0.449 e. The molecule has 0 aromatic heterocycles. The van der Waals surface area contributed by atoms with Crippen molar-refractivity contribution in [2.45, 2.75) is 50.0 Å². The molecule has 7 heteroatoms. The molecule has 1 aliphatic rings. The van der Waals surface area contributed by atoms with Crippen LogP contribution in [-0.2, 0) is 19.4 Å². The van der Waals surface area contributed by atoms with Gasteiger partial charge in [-0.1, -0.05) is 23.8 Å². The van der Waals surface area contributed by atoms with Crippen LogP contribution in [0.5, 0.6) is 0 Å². The van der Waals surface area contributed by atoms with Gasteiger partial charge in [-0.2, -0.15) is 0 Å². The van der Waals surface area contributed by atoms with Crippen molar-refractivity contribution in [3.8, 4) is 0 Å². The van der Waals surface area contributed by atoms with Crippen LogP contribution in [0.4, 0.5) is 0 Å². The van der Waals surface area contributed by atoms with Gasteiger partial charge in [0, 0.05) is 12.8 Å². The maximum Gasteiger partial charge on any atom is 0.340 e. The van der Waals surface area contributed by atoms with Crippen LogP contribution in [-0.4, -0.2) is 39.2 Å². The average molecular weight is 379 g/mol. The lowest BCUT2D eigenvalue weighted by atomic mass is 9.97. The van der Waals surface area contributed by atoms with Gasteiger partial charge in [-0.05, 0) is 51.2 Å². The molecular formula is C19H25NO5S. The van der Waals surface area contributed by atoms with Gasteiger partial charge in [-0.25, -0.2) is 13.2 Å². The van der Waals surface area contributed by atoms with E-state index >= 15 is 0 Å². The molecule has 0 radical (unpaired) electrons. The molecule has 0 heterocycles. The third kappa shape index (κ3) is 5.69. The lowest BCUT2D eigenvalue weighted by Gasteiger charge is -2.16. The number of hydrogen-bond acceptors (Lipinski definition) is 5. The molecule has 0 bridgehead atoms. The van der Waals surface area contributed by atoms with E-state index < -0.39 is 27.8 Å². The first kappa shape index (κ1) is 20.2. The van der Waals surface area contributed by atoms with E-state index in [1.54, 1.807) is 6.07 Å². The number of esters is 1. The maximum absolute atomic E-state index is 12.3. The number of benzene rings is 1. The largest absolute Gasteiger partial charge is 0.449 e. The molecule has 6 nitrogen and oxygen atoms in total. The highest BCUT2D eigenvalue weighted by Gasteiger charge is 2.23. The van der Waals surface area contributed by atoms with Gasteiger partial charge in [0.1, 0.15) is 0 Å². The number of rotatable bonds is 7. The average Bonchev–Trinajstić information content (AvgIpc) is 2.61. The third-order valence-electron chi connectivity index (χ3n) is 4.29. The van der Waals surface area contributed by atoms with E-state index in [-0.39, 0.29) is 10.5 Å². The van der Waals surface area contributed by atoms with E-state index in [0.717, 1.165) is 25.5 Å². The zero-order valence-corrected chi connectivity index (χ0v) is 16.0. The van der Waals surface area contributed by atoms with Gasteiger partial charge in [0.15, 0.2) is 15.9 Å². The van der Waals surface area contributed by atoms with Crippen LogP contribution in [0.1, 0.15) is 49.4 Å². The Kier molecular flexibility index (Phi) is 6.97. The number of carbonyl (C=O) groups is 2. The van der Waals surface area contributed by atoms with Crippen molar-refractivity contribution in [2.75, 3.05) is 12.8 Å². The fourth-order valence-corrected chi connectivity index (χ4v) is 3.73. The van der Waals surface area contributed by atoms with Crippen LogP contribution in [0.25, 0.3) is 0 Å². The Morgan fingerprint density at radius 3 is 2.62 bits per heavy atom. The topological polar surface area (TPSA) is 89.5 Å². The predicted molar refractivity (Wildman–Crippen MR) is 98.6 cm³/mol. The second-order valence-corrected chi connectivity index (χ2v) is 8.45. The number of sulfone groups is 1. The molecule has 0 aliphatic heterocycles. The first-order valence-electron chi connectivity index (χ1n) is 8.74. The van der Waals surface area contributed by atoms with Gasteiger partial charge in [0.25, 0.3) is 5.91 Å². The standard InChI is InChI=1S/C19H25NO5S/c1-14(18(21)20-13-12-15-8-4-3-5-9-15)25-19(22)16-10-6-7-11-17(16)26(2,23)24/h6-8,10-11,14H,3-5,9,12-13H2,1-2H3,(H,20,21). The summed E-state index contributed by atoms with van der Waals surface area (Å²) in [5.74, 6) is -1.23. The molecule has 26 heavy (non-hydrogen) atoms. The first-order valence-corrected chi connectivity index (χ1v) is 10.6. The van der Waals surface area contributed by atoms with Gasteiger partial charge >= 0.3 is 5.97 Å². The highest BCUT2D eigenvalue weighted by molar-refractivity contribution is 7.90. The molecular weight excluding hydrogens is 354 g/mol. The van der Waals surface area contributed by atoms with Gasteiger partial charge in [0.05, 0.1) is 10.5 Å². The predicted octanol–water partition coefficient (Wildman–Crippen LogP) is 2.64. The molecule has 0 fully saturated rings. The van der Waals surface area contributed by atoms with E-state index in [2.05, 4.69) is 11.4 Å². The summed E-state index contributed by atoms with van der Waals surface area (Å²) in [5, 5.41) is 2.76. The van der Waals surface area contributed by atoms with Gasteiger partial charge < -0.3 is 10.1 Å². The van der Waals surface area contributed by atoms with E-state index in [0.29, 0.717) is 6.54 Å². The van der Waals surface area contributed by atoms with Crippen molar-refractivity contribution in [1.29, 1.82) is 0 Å². The van der Waals surface area contributed by atoms with Crippen LogP contribution < -0.4 is 5.32 Å². The summed E-state index contributed by atoms with van der Waals surface area (Å²) in [6, 6.07) is 5.80. The van der Waals surface area contributed by atoms with Crippen LogP contribution in [0.2, 0.25) is 0 Å². The second kappa shape index (κ2) is 8.98. The molecule has 2 rings (SSSR count). The minimum atomic E-state index is -3.57. The molecule has 1 N–H and O–H groups in total. The Morgan fingerprint density at radius 1 is 1.23 bits per heavy atom. The quantitative estimate of drug-likeness (QED) is 0.581. The summed E-state index contributed by atoms with van der Waals surface area (Å²) in [7, 11) is -3.57. The van der Waals surface area contributed by atoms with E-state index in [4.69, 9.17) is 4.74 Å². The summed E-state index contributed by atoms with van der Waals surface area (Å²) in [5.41, 5.74) is 1.28. The Bertz CT molecular complexity index is 798. The molecule has 1 aromatic carbocycles.